The molecule has 1 aliphatic heterocycles. The monoisotopic (exact) mass is 403 g/mol. The molecule has 0 fully saturated rings. The lowest BCUT2D eigenvalue weighted by Crippen LogP contribution is -2.20. The van der Waals surface area contributed by atoms with Crippen molar-refractivity contribution in [1.82, 2.24) is 9.55 Å². The zero-order valence-corrected chi connectivity index (χ0v) is 16.4. The van der Waals surface area contributed by atoms with Crippen molar-refractivity contribution < 1.29 is 13.2 Å². The fraction of sp³-hybridized carbons (Fsp3) is 0.278. The van der Waals surface area contributed by atoms with E-state index in [9.17, 15) is 18.0 Å². The van der Waals surface area contributed by atoms with Gasteiger partial charge in [-0.05, 0) is 43.2 Å². The maximum absolute atomic E-state index is 12.7. The highest BCUT2D eigenvalue weighted by molar-refractivity contribution is 7.90. The number of fused-ring (bicyclic) bond motifs is 2. The van der Waals surface area contributed by atoms with E-state index >= 15 is 0 Å². The lowest BCUT2D eigenvalue weighted by Gasteiger charge is -2.05. The van der Waals surface area contributed by atoms with Gasteiger partial charge in [0.2, 0.25) is 0 Å². The van der Waals surface area contributed by atoms with Gasteiger partial charge < -0.3 is 5.32 Å². The Bertz CT molecular complexity index is 1240. The number of nitrogens with zero attached hydrogens (tertiary/aromatic N) is 2. The van der Waals surface area contributed by atoms with Crippen molar-refractivity contribution in [2.24, 2.45) is 0 Å². The normalized spacial score (nSPS) is 13.7. The van der Waals surface area contributed by atoms with Gasteiger partial charge in [-0.25, -0.2) is 13.4 Å². The van der Waals surface area contributed by atoms with Gasteiger partial charge in [0, 0.05) is 24.9 Å². The summed E-state index contributed by atoms with van der Waals surface area (Å²) in [7, 11) is -3.29. The predicted molar refractivity (Wildman–Crippen MR) is 104 cm³/mol. The van der Waals surface area contributed by atoms with E-state index in [-0.39, 0.29) is 16.4 Å². The number of aromatic nitrogens is 2. The topological polar surface area (TPSA) is 98.1 Å². The molecule has 27 heavy (non-hydrogen) atoms. The van der Waals surface area contributed by atoms with Crippen LogP contribution in [-0.4, -0.2) is 30.1 Å². The van der Waals surface area contributed by atoms with E-state index in [1.165, 1.54) is 23.5 Å². The van der Waals surface area contributed by atoms with Crippen molar-refractivity contribution >= 4 is 43.0 Å². The number of sulfone groups is 1. The van der Waals surface area contributed by atoms with Crippen LogP contribution in [0.4, 0.5) is 5.69 Å². The molecule has 0 saturated heterocycles. The van der Waals surface area contributed by atoms with Gasteiger partial charge in [-0.3, -0.25) is 14.2 Å². The first kappa shape index (κ1) is 17.9. The van der Waals surface area contributed by atoms with Crippen LogP contribution in [0.15, 0.2) is 34.0 Å². The van der Waals surface area contributed by atoms with Crippen LogP contribution in [0.3, 0.4) is 0 Å². The average Bonchev–Trinajstić information content (AvgIpc) is 3.20. The molecule has 3 aromatic rings. The molecule has 2 aromatic heterocycles. The van der Waals surface area contributed by atoms with Crippen molar-refractivity contribution in [2.45, 2.75) is 31.2 Å². The summed E-state index contributed by atoms with van der Waals surface area (Å²) in [6.45, 7) is 2.42. The Hall–Kier alpha value is -2.52. The molecule has 1 aromatic carbocycles. The first-order valence-corrected chi connectivity index (χ1v) is 11.1. The van der Waals surface area contributed by atoms with Gasteiger partial charge in [0.05, 0.1) is 15.2 Å². The van der Waals surface area contributed by atoms with E-state index in [1.807, 2.05) is 0 Å². The summed E-state index contributed by atoms with van der Waals surface area (Å²) < 4.78 is 24.7. The van der Waals surface area contributed by atoms with E-state index in [1.54, 1.807) is 23.6 Å². The summed E-state index contributed by atoms with van der Waals surface area (Å²) in [6, 6.07) is 5.97. The van der Waals surface area contributed by atoms with Crippen molar-refractivity contribution in [3.63, 3.8) is 0 Å². The van der Waals surface area contributed by atoms with Crippen LogP contribution in [0, 0.1) is 6.92 Å². The number of carbonyl (C=O) groups is 1. The molecule has 0 unspecified atom stereocenters. The van der Waals surface area contributed by atoms with Crippen molar-refractivity contribution in [2.75, 3.05) is 11.6 Å². The molecule has 0 spiro atoms. The Morgan fingerprint density at radius 2 is 1.96 bits per heavy atom. The molecule has 0 atom stereocenters. The molecular weight excluding hydrogens is 386 g/mol. The number of rotatable bonds is 3. The molecule has 0 saturated carbocycles. The number of carbonyl (C=O) groups excluding carboxylic acids is 1. The van der Waals surface area contributed by atoms with Crippen LogP contribution in [0.25, 0.3) is 10.2 Å². The summed E-state index contributed by atoms with van der Waals surface area (Å²) in [6.07, 6.45) is 2.82. The summed E-state index contributed by atoms with van der Waals surface area (Å²) in [5, 5.41) is 3.26. The van der Waals surface area contributed by atoms with Crippen molar-refractivity contribution in [3.05, 3.63) is 50.9 Å². The zero-order chi connectivity index (χ0) is 19.3. The quantitative estimate of drug-likeness (QED) is 0.724. The Kier molecular flexibility index (Phi) is 4.15. The fourth-order valence-electron chi connectivity index (χ4n) is 3.27. The predicted octanol–water partition coefficient (Wildman–Crippen LogP) is 2.37. The van der Waals surface area contributed by atoms with E-state index in [4.69, 9.17) is 0 Å². The molecule has 0 radical (unpaired) electrons. The smallest absolute Gasteiger partial charge is 0.266 e. The minimum absolute atomic E-state index is 0.0854. The van der Waals surface area contributed by atoms with Gasteiger partial charge >= 0.3 is 0 Å². The number of hydrogen-bond donors (Lipinski definition) is 1. The molecule has 1 N–H and O–H groups in total. The van der Waals surface area contributed by atoms with Gasteiger partial charge in [0.15, 0.2) is 9.84 Å². The Balaban J connectivity index is 1.68. The third kappa shape index (κ3) is 3.06. The van der Waals surface area contributed by atoms with Crippen LogP contribution in [-0.2, 0) is 22.8 Å². The van der Waals surface area contributed by atoms with Crippen LogP contribution < -0.4 is 10.9 Å². The molecule has 1 aliphatic rings. The van der Waals surface area contributed by atoms with Crippen LogP contribution >= 0.6 is 11.3 Å². The lowest BCUT2D eigenvalue weighted by molar-refractivity contribution is 0.103. The Labute approximate surface area is 159 Å². The van der Waals surface area contributed by atoms with Gasteiger partial charge in [0.25, 0.3) is 11.5 Å². The second kappa shape index (κ2) is 6.28. The fourth-order valence-corrected chi connectivity index (χ4v) is 4.98. The number of aryl methyl sites for hydroxylation is 2. The maximum atomic E-state index is 12.7. The van der Waals surface area contributed by atoms with Crippen LogP contribution in [0.5, 0.6) is 0 Å². The first-order chi connectivity index (χ1) is 12.8. The van der Waals surface area contributed by atoms with E-state index < -0.39 is 9.84 Å². The number of amides is 1. The molecular formula is C18H17N3O4S2. The third-order valence-electron chi connectivity index (χ3n) is 4.66. The minimum Gasteiger partial charge on any atom is -0.321 e. The van der Waals surface area contributed by atoms with Crippen molar-refractivity contribution in [3.8, 4) is 0 Å². The molecule has 3 heterocycles. The van der Waals surface area contributed by atoms with Gasteiger partial charge in [-0.15, -0.1) is 11.3 Å². The number of thiophene rings is 1. The summed E-state index contributed by atoms with van der Waals surface area (Å²) in [4.78, 5) is 31.2. The Morgan fingerprint density at radius 3 is 2.63 bits per heavy atom. The second-order valence-electron chi connectivity index (χ2n) is 6.58. The number of nitrogens with one attached hydrogen (secondary N) is 1. The van der Waals surface area contributed by atoms with E-state index in [2.05, 4.69) is 10.3 Å². The SMILES string of the molecule is Cc1c(C(=O)Nc2ccc(S(C)(=O)=O)cc2)sc2nc3n(c(=O)c12)CCC3. The maximum Gasteiger partial charge on any atom is 0.266 e. The molecule has 140 valence electrons. The molecule has 0 aliphatic carbocycles. The summed E-state index contributed by atoms with van der Waals surface area (Å²) in [5.41, 5.74) is 1.02. The summed E-state index contributed by atoms with van der Waals surface area (Å²) >= 11 is 1.21. The molecule has 0 bridgehead atoms. The van der Waals surface area contributed by atoms with E-state index in [0.717, 1.165) is 24.9 Å². The number of anilines is 1. The molecule has 1 amide bonds. The summed E-state index contributed by atoms with van der Waals surface area (Å²) in [5.74, 6) is 0.434. The molecule has 9 heteroatoms. The van der Waals surface area contributed by atoms with Gasteiger partial charge in [-0.2, -0.15) is 0 Å². The van der Waals surface area contributed by atoms with Gasteiger partial charge in [0.1, 0.15) is 10.7 Å². The van der Waals surface area contributed by atoms with Crippen molar-refractivity contribution in [1.29, 1.82) is 0 Å². The van der Waals surface area contributed by atoms with E-state index in [0.29, 0.717) is 32.9 Å². The standard InChI is InChI=1S/C18H17N3O4S2/c1-10-14-17(20-13-4-3-9-21(13)18(14)23)26-15(10)16(22)19-11-5-7-12(8-6-11)27(2,24)25/h5-8H,3-4,9H2,1-2H3,(H,19,22). The minimum atomic E-state index is -3.29. The average molecular weight is 403 g/mol. The Morgan fingerprint density at radius 1 is 1.26 bits per heavy atom. The lowest BCUT2D eigenvalue weighted by atomic mass is 10.2. The highest BCUT2D eigenvalue weighted by Crippen LogP contribution is 2.29. The first-order valence-electron chi connectivity index (χ1n) is 8.40. The zero-order valence-electron chi connectivity index (χ0n) is 14.8. The third-order valence-corrected chi connectivity index (χ3v) is 6.97. The highest BCUT2D eigenvalue weighted by Gasteiger charge is 2.23. The molecule has 7 nitrogen and oxygen atoms in total. The van der Waals surface area contributed by atoms with Crippen LogP contribution in [0.1, 0.15) is 27.5 Å². The second-order valence-corrected chi connectivity index (χ2v) is 9.59. The number of benzene rings is 1. The highest BCUT2D eigenvalue weighted by atomic mass is 32.2. The van der Waals surface area contributed by atoms with Crippen LogP contribution in [0.2, 0.25) is 0 Å². The largest absolute Gasteiger partial charge is 0.321 e. The number of hydrogen-bond acceptors (Lipinski definition) is 6. The molecule has 4 rings (SSSR count). The van der Waals surface area contributed by atoms with Gasteiger partial charge in [-0.1, -0.05) is 0 Å².